The van der Waals surface area contributed by atoms with Gasteiger partial charge in [0.1, 0.15) is 5.82 Å². The van der Waals surface area contributed by atoms with Crippen LogP contribution in [0.4, 0.5) is 5.82 Å². The van der Waals surface area contributed by atoms with Crippen molar-refractivity contribution in [2.24, 2.45) is 10.7 Å². The molecule has 6 heteroatoms. The first-order valence-corrected chi connectivity index (χ1v) is 8.96. The maximum Gasteiger partial charge on any atom is 0.239 e. The molecule has 3 N–H and O–H groups in total. The Morgan fingerprint density at radius 1 is 1.27 bits per heavy atom. The van der Waals surface area contributed by atoms with E-state index in [1.54, 1.807) is 19.5 Å². The first-order chi connectivity index (χ1) is 12.7. The fraction of sp³-hybridized carbons (Fsp3) is 0.350. The number of aromatic nitrogens is 1. The van der Waals surface area contributed by atoms with Crippen LogP contribution in [0.3, 0.4) is 0 Å². The number of nitrogens with two attached hydrogens (primary N) is 1. The van der Waals surface area contributed by atoms with E-state index < -0.39 is 0 Å². The number of anilines is 1. The monoisotopic (exact) mass is 351 g/mol. The maximum atomic E-state index is 12.3. The Bertz CT molecular complexity index is 837. The predicted molar refractivity (Wildman–Crippen MR) is 107 cm³/mol. The van der Waals surface area contributed by atoms with Crippen molar-refractivity contribution >= 4 is 34.3 Å². The van der Waals surface area contributed by atoms with Gasteiger partial charge in [-0.05, 0) is 49.0 Å². The standard InChI is InChI=1S/C20H25N5O/c1-22-12-18(11-21)15-5-6-16-13-23-19(10-17(16)9-15)24-20(26)14-25-7-3-2-4-8-25/h5-6,9-13H,2-4,7-8,14,21H2,1H3,(H,23,24,26). The molecule has 0 saturated carbocycles. The van der Waals surface area contributed by atoms with Gasteiger partial charge in [0, 0.05) is 36.6 Å². The molecule has 2 heterocycles. The number of hydrogen-bond acceptors (Lipinski definition) is 5. The smallest absolute Gasteiger partial charge is 0.239 e. The van der Waals surface area contributed by atoms with Gasteiger partial charge in [-0.25, -0.2) is 4.98 Å². The average Bonchev–Trinajstić information content (AvgIpc) is 2.66. The Hall–Kier alpha value is -2.73. The molecule has 1 amide bonds. The van der Waals surface area contributed by atoms with Gasteiger partial charge in [0.25, 0.3) is 0 Å². The second-order valence-electron chi connectivity index (χ2n) is 6.53. The highest BCUT2D eigenvalue weighted by molar-refractivity contribution is 6.10. The van der Waals surface area contributed by atoms with Crippen molar-refractivity contribution in [1.29, 1.82) is 0 Å². The first kappa shape index (κ1) is 18.1. The van der Waals surface area contributed by atoms with Crippen LogP contribution in [-0.2, 0) is 4.79 Å². The number of piperidine rings is 1. The molecule has 1 aliphatic heterocycles. The molecule has 0 radical (unpaired) electrons. The SMILES string of the molecule is CN=CC(=CN)c1ccc2cnc(NC(=O)CN3CCCCC3)cc2c1. The third-order valence-corrected chi connectivity index (χ3v) is 4.59. The van der Waals surface area contributed by atoms with E-state index in [-0.39, 0.29) is 5.91 Å². The summed E-state index contributed by atoms with van der Waals surface area (Å²) in [5.74, 6) is 0.551. The van der Waals surface area contributed by atoms with Crippen molar-refractivity contribution < 1.29 is 4.79 Å². The number of pyridine rings is 1. The summed E-state index contributed by atoms with van der Waals surface area (Å²) in [5, 5.41) is 4.91. The summed E-state index contributed by atoms with van der Waals surface area (Å²) < 4.78 is 0. The van der Waals surface area contributed by atoms with E-state index >= 15 is 0 Å². The average molecular weight is 351 g/mol. The number of allylic oxidation sites excluding steroid dienone is 1. The van der Waals surface area contributed by atoms with Crippen molar-refractivity contribution in [3.05, 3.63) is 42.2 Å². The number of benzene rings is 1. The van der Waals surface area contributed by atoms with E-state index in [0.29, 0.717) is 12.4 Å². The van der Waals surface area contributed by atoms with Crippen LogP contribution in [0.5, 0.6) is 0 Å². The van der Waals surface area contributed by atoms with E-state index in [0.717, 1.165) is 35.0 Å². The molecule has 1 aromatic carbocycles. The summed E-state index contributed by atoms with van der Waals surface area (Å²) in [7, 11) is 1.71. The lowest BCUT2D eigenvalue weighted by atomic mass is 10.0. The molecule has 1 saturated heterocycles. The summed E-state index contributed by atoms with van der Waals surface area (Å²) >= 11 is 0. The zero-order chi connectivity index (χ0) is 18.4. The van der Waals surface area contributed by atoms with Crippen molar-refractivity contribution in [2.45, 2.75) is 19.3 Å². The summed E-state index contributed by atoms with van der Waals surface area (Å²) in [6, 6.07) is 7.89. The third-order valence-electron chi connectivity index (χ3n) is 4.59. The molecule has 136 valence electrons. The molecular weight excluding hydrogens is 326 g/mol. The second-order valence-corrected chi connectivity index (χ2v) is 6.53. The highest BCUT2D eigenvalue weighted by Crippen LogP contribution is 2.22. The topological polar surface area (TPSA) is 83.6 Å². The van der Waals surface area contributed by atoms with Crippen LogP contribution in [0.25, 0.3) is 16.3 Å². The van der Waals surface area contributed by atoms with E-state index in [4.69, 9.17) is 5.73 Å². The number of carbonyl (C=O) groups is 1. The van der Waals surface area contributed by atoms with Gasteiger partial charge in [0.15, 0.2) is 0 Å². The van der Waals surface area contributed by atoms with Crippen LogP contribution in [0.1, 0.15) is 24.8 Å². The van der Waals surface area contributed by atoms with Crippen LogP contribution >= 0.6 is 0 Å². The molecule has 1 fully saturated rings. The van der Waals surface area contributed by atoms with Crippen LogP contribution in [-0.4, -0.2) is 48.7 Å². The summed E-state index contributed by atoms with van der Waals surface area (Å²) in [6.45, 7) is 2.41. The number of aliphatic imine (C=N–C) groups is 1. The largest absolute Gasteiger partial charge is 0.404 e. The Morgan fingerprint density at radius 2 is 2.08 bits per heavy atom. The number of hydrogen-bond donors (Lipinski definition) is 2. The molecule has 0 atom stereocenters. The number of rotatable bonds is 5. The third kappa shape index (κ3) is 4.46. The van der Waals surface area contributed by atoms with Gasteiger partial charge in [-0.15, -0.1) is 0 Å². The molecule has 26 heavy (non-hydrogen) atoms. The van der Waals surface area contributed by atoms with Gasteiger partial charge >= 0.3 is 0 Å². The van der Waals surface area contributed by atoms with Crippen LogP contribution in [0.15, 0.2) is 41.7 Å². The van der Waals surface area contributed by atoms with Crippen molar-refractivity contribution in [1.82, 2.24) is 9.88 Å². The van der Waals surface area contributed by atoms with Gasteiger partial charge in [0.2, 0.25) is 5.91 Å². The number of carbonyl (C=O) groups excluding carboxylic acids is 1. The van der Waals surface area contributed by atoms with Gasteiger partial charge in [-0.1, -0.05) is 18.6 Å². The molecule has 2 aromatic rings. The van der Waals surface area contributed by atoms with Gasteiger partial charge in [0.05, 0.1) is 6.54 Å². The number of likely N-dealkylation sites (tertiary alicyclic amines) is 1. The first-order valence-electron chi connectivity index (χ1n) is 8.96. The lowest BCUT2D eigenvalue weighted by Crippen LogP contribution is -2.36. The van der Waals surface area contributed by atoms with Crippen molar-refractivity contribution in [2.75, 3.05) is 32.0 Å². The Labute approximate surface area is 153 Å². The van der Waals surface area contributed by atoms with Gasteiger partial charge in [-0.3, -0.25) is 14.7 Å². The normalized spacial score (nSPS) is 16.3. The van der Waals surface area contributed by atoms with Crippen LogP contribution in [0.2, 0.25) is 0 Å². The lowest BCUT2D eigenvalue weighted by Gasteiger charge is -2.25. The van der Waals surface area contributed by atoms with Crippen molar-refractivity contribution in [3.8, 4) is 0 Å². The summed E-state index contributed by atoms with van der Waals surface area (Å²) in [5.41, 5.74) is 7.52. The van der Waals surface area contributed by atoms with E-state index in [9.17, 15) is 4.79 Å². The quantitative estimate of drug-likeness (QED) is 0.811. The van der Waals surface area contributed by atoms with E-state index in [1.165, 1.54) is 25.5 Å². The Morgan fingerprint density at radius 3 is 2.81 bits per heavy atom. The fourth-order valence-corrected chi connectivity index (χ4v) is 3.24. The maximum absolute atomic E-state index is 12.3. The highest BCUT2D eigenvalue weighted by atomic mass is 16.2. The number of fused-ring (bicyclic) bond motifs is 1. The van der Waals surface area contributed by atoms with Crippen LogP contribution < -0.4 is 11.1 Å². The molecule has 1 aliphatic rings. The summed E-state index contributed by atoms with van der Waals surface area (Å²) in [4.78, 5) is 22.9. The molecule has 0 bridgehead atoms. The highest BCUT2D eigenvalue weighted by Gasteiger charge is 2.14. The zero-order valence-electron chi connectivity index (χ0n) is 15.1. The van der Waals surface area contributed by atoms with Gasteiger partial charge < -0.3 is 11.1 Å². The zero-order valence-corrected chi connectivity index (χ0v) is 15.1. The van der Waals surface area contributed by atoms with Crippen LogP contribution in [0, 0.1) is 0 Å². The molecule has 0 spiro atoms. The van der Waals surface area contributed by atoms with Crippen molar-refractivity contribution in [3.63, 3.8) is 0 Å². The number of nitrogens with zero attached hydrogens (tertiary/aromatic N) is 3. The minimum absolute atomic E-state index is 0.0180. The Balaban J connectivity index is 1.75. The molecule has 0 unspecified atom stereocenters. The predicted octanol–water partition coefficient (Wildman–Crippen LogP) is 2.66. The molecule has 3 rings (SSSR count). The Kier molecular flexibility index (Phi) is 5.96. The van der Waals surface area contributed by atoms with E-state index in [1.807, 2.05) is 24.3 Å². The minimum Gasteiger partial charge on any atom is -0.404 e. The van der Waals surface area contributed by atoms with Gasteiger partial charge in [-0.2, -0.15) is 0 Å². The van der Waals surface area contributed by atoms with E-state index in [2.05, 4.69) is 20.2 Å². The number of nitrogens with one attached hydrogen (secondary N) is 1. The second kappa shape index (κ2) is 8.58. The molecular formula is C20H25N5O. The molecule has 6 nitrogen and oxygen atoms in total. The minimum atomic E-state index is -0.0180. The lowest BCUT2D eigenvalue weighted by molar-refractivity contribution is -0.117. The fourth-order valence-electron chi connectivity index (χ4n) is 3.24. The molecule has 1 aromatic heterocycles. The molecule has 0 aliphatic carbocycles. The number of amides is 1. The summed E-state index contributed by atoms with van der Waals surface area (Å²) in [6.07, 6.45) is 8.63.